The molecule has 0 unspecified atom stereocenters. The Bertz CT molecular complexity index is 710. The van der Waals surface area contributed by atoms with Crippen LogP contribution in [0.1, 0.15) is 22.3 Å². The van der Waals surface area contributed by atoms with Gasteiger partial charge in [0.15, 0.2) is 6.61 Å². The first-order valence-corrected chi connectivity index (χ1v) is 8.12. The summed E-state index contributed by atoms with van der Waals surface area (Å²) in [6, 6.07) is 11.9. The number of ether oxygens (including phenoxy) is 2. The van der Waals surface area contributed by atoms with Gasteiger partial charge in [-0.05, 0) is 68.1 Å². The number of amides is 1. The predicted octanol–water partition coefficient (Wildman–Crippen LogP) is 3.49. The Labute approximate surface area is 143 Å². The van der Waals surface area contributed by atoms with Crippen LogP contribution >= 0.6 is 0 Å². The van der Waals surface area contributed by atoms with Crippen molar-refractivity contribution < 1.29 is 14.3 Å². The highest BCUT2D eigenvalue weighted by Crippen LogP contribution is 2.23. The molecular formula is C20H25NO3. The Morgan fingerprint density at radius 2 is 1.79 bits per heavy atom. The average molecular weight is 327 g/mol. The van der Waals surface area contributed by atoms with Crippen molar-refractivity contribution in [2.45, 2.75) is 27.7 Å². The number of carbonyl (C=O) groups excluding carboxylic acids is 1. The summed E-state index contributed by atoms with van der Waals surface area (Å²) < 4.78 is 11.2. The molecule has 0 atom stereocenters. The second-order valence-corrected chi connectivity index (χ2v) is 6.01. The fourth-order valence-electron chi connectivity index (χ4n) is 2.41. The van der Waals surface area contributed by atoms with Crippen LogP contribution in [-0.2, 0) is 4.79 Å². The van der Waals surface area contributed by atoms with E-state index >= 15 is 0 Å². The van der Waals surface area contributed by atoms with E-state index in [-0.39, 0.29) is 12.5 Å². The van der Waals surface area contributed by atoms with E-state index < -0.39 is 0 Å². The van der Waals surface area contributed by atoms with Crippen molar-refractivity contribution in [1.29, 1.82) is 0 Å². The maximum absolute atomic E-state index is 11.9. The molecule has 0 saturated heterocycles. The quantitative estimate of drug-likeness (QED) is 0.792. The maximum Gasteiger partial charge on any atom is 0.258 e. The van der Waals surface area contributed by atoms with Crippen molar-refractivity contribution in [3.8, 4) is 11.5 Å². The van der Waals surface area contributed by atoms with Crippen LogP contribution < -0.4 is 14.8 Å². The SMILES string of the molecule is Cc1cccc(OCCNC(=O)COc2cc(C)cc(C)c2C)c1. The Kier molecular flexibility index (Phi) is 6.24. The highest BCUT2D eigenvalue weighted by molar-refractivity contribution is 5.77. The fraction of sp³-hybridized carbons (Fsp3) is 0.350. The number of rotatable bonds is 7. The molecule has 4 heteroatoms. The molecule has 0 aromatic heterocycles. The van der Waals surface area contributed by atoms with Crippen molar-refractivity contribution in [3.63, 3.8) is 0 Å². The van der Waals surface area contributed by atoms with E-state index in [1.165, 1.54) is 0 Å². The molecule has 0 aliphatic carbocycles. The molecule has 1 N–H and O–H groups in total. The number of hydrogen-bond acceptors (Lipinski definition) is 3. The van der Waals surface area contributed by atoms with Gasteiger partial charge in [-0.25, -0.2) is 0 Å². The van der Waals surface area contributed by atoms with Crippen LogP contribution in [0, 0.1) is 27.7 Å². The second-order valence-electron chi connectivity index (χ2n) is 6.01. The van der Waals surface area contributed by atoms with Gasteiger partial charge in [-0.3, -0.25) is 4.79 Å². The molecule has 0 aliphatic rings. The lowest BCUT2D eigenvalue weighted by molar-refractivity contribution is -0.123. The van der Waals surface area contributed by atoms with Gasteiger partial charge < -0.3 is 14.8 Å². The summed E-state index contributed by atoms with van der Waals surface area (Å²) in [6.45, 7) is 8.95. The molecule has 1 amide bonds. The molecule has 0 radical (unpaired) electrons. The Morgan fingerprint density at radius 1 is 1.00 bits per heavy atom. The van der Waals surface area contributed by atoms with E-state index in [2.05, 4.69) is 11.4 Å². The summed E-state index contributed by atoms with van der Waals surface area (Å²) >= 11 is 0. The van der Waals surface area contributed by atoms with Gasteiger partial charge in [0.05, 0.1) is 6.54 Å². The van der Waals surface area contributed by atoms with Crippen molar-refractivity contribution >= 4 is 5.91 Å². The highest BCUT2D eigenvalue weighted by atomic mass is 16.5. The normalized spacial score (nSPS) is 10.3. The molecule has 2 rings (SSSR count). The van der Waals surface area contributed by atoms with Gasteiger partial charge in [0.1, 0.15) is 18.1 Å². The average Bonchev–Trinajstić information content (AvgIpc) is 2.53. The van der Waals surface area contributed by atoms with E-state index in [1.54, 1.807) is 0 Å². The van der Waals surface area contributed by atoms with Crippen LogP contribution in [-0.4, -0.2) is 25.7 Å². The number of aryl methyl sites for hydroxylation is 3. The molecule has 0 bridgehead atoms. The van der Waals surface area contributed by atoms with Crippen LogP contribution in [0.25, 0.3) is 0 Å². The molecule has 128 valence electrons. The Balaban J connectivity index is 1.72. The number of hydrogen-bond donors (Lipinski definition) is 1. The molecule has 0 fully saturated rings. The van der Waals surface area contributed by atoms with E-state index in [1.807, 2.05) is 58.0 Å². The predicted molar refractivity (Wildman–Crippen MR) is 95.8 cm³/mol. The van der Waals surface area contributed by atoms with Crippen LogP contribution in [0.3, 0.4) is 0 Å². The van der Waals surface area contributed by atoms with Gasteiger partial charge in [0.2, 0.25) is 0 Å². The van der Waals surface area contributed by atoms with Gasteiger partial charge in [-0.15, -0.1) is 0 Å². The lowest BCUT2D eigenvalue weighted by Gasteiger charge is -2.12. The third kappa shape index (κ3) is 5.30. The Hall–Kier alpha value is -2.49. The van der Waals surface area contributed by atoms with E-state index in [4.69, 9.17) is 9.47 Å². The lowest BCUT2D eigenvalue weighted by Crippen LogP contribution is -2.32. The van der Waals surface area contributed by atoms with Crippen molar-refractivity contribution in [3.05, 3.63) is 58.7 Å². The second kappa shape index (κ2) is 8.39. The minimum absolute atomic E-state index is 0.00811. The lowest BCUT2D eigenvalue weighted by atomic mass is 10.1. The van der Waals surface area contributed by atoms with Crippen molar-refractivity contribution in [2.75, 3.05) is 19.8 Å². The molecule has 0 spiro atoms. The highest BCUT2D eigenvalue weighted by Gasteiger charge is 2.07. The van der Waals surface area contributed by atoms with Crippen LogP contribution in [0.2, 0.25) is 0 Å². The van der Waals surface area contributed by atoms with E-state index in [9.17, 15) is 4.79 Å². The number of carbonyl (C=O) groups is 1. The first-order valence-electron chi connectivity index (χ1n) is 8.12. The summed E-state index contributed by atoms with van der Waals surface area (Å²) in [6.07, 6.45) is 0. The third-order valence-corrected chi connectivity index (χ3v) is 3.81. The molecular weight excluding hydrogens is 302 g/mol. The van der Waals surface area contributed by atoms with Gasteiger partial charge in [-0.1, -0.05) is 18.2 Å². The zero-order chi connectivity index (χ0) is 17.5. The van der Waals surface area contributed by atoms with Gasteiger partial charge in [0.25, 0.3) is 5.91 Å². The van der Waals surface area contributed by atoms with Crippen LogP contribution in [0.15, 0.2) is 36.4 Å². The third-order valence-electron chi connectivity index (χ3n) is 3.81. The van der Waals surface area contributed by atoms with E-state index in [0.29, 0.717) is 13.2 Å². The first-order chi connectivity index (χ1) is 11.5. The molecule has 4 nitrogen and oxygen atoms in total. The summed E-state index contributed by atoms with van der Waals surface area (Å²) in [5, 5.41) is 2.80. The maximum atomic E-state index is 11.9. The summed E-state index contributed by atoms with van der Waals surface area (Å²) in [5.74, 6) is 1.42. The Morgan fingerprint density at radius 3 is 2.54 bits per heavy atom. The zero-order valence-corrected chi connectivity index (χ0v) is 14.8. The van der Waals surface area contributed by atoms with Crippen LogP contribution in [0.5, 0.6) is 11.5 Å². The number of benzene rings is 2. The minimum Gasteiger partial charge on any atom is -0.492 e. The summed E-state index contributed by atoms with van der Waals surface area (Å²) in [7, 11) is 0. The molecule has 0 aliphatic heterocycles. The van der Waals surface area contributed by atoms with Gasteiger partial charge in [0, 0.05) is 0 Å². The van der Waals surface area contributed by atoms with Crippen LogP contribution in [0.4, 0.5) is 0 Å². The summed E-state index contributed by atoms with van der Waals surface area (Å²) in [4.78, 5) is 11.9. The standard InChI is InChI=1S/C20H25NO3/c1-14-6-5-7-18(11-14)23-9-8-21-20(22)13-24-19-12-15(2)10-16(3)17(19)4/h5-7,10-12H,8-9,13H2,1-4H3,(H,21,22). The fourth-order valence-corrected chi connectivity index (χ4v) is 2.41. The van der Waals surface area contributed by atoms with E-state index in [0.717, 1.165) is 33.8 Å². The van der Waals surface area contributed by atoms with Crippen molar-refractivity contribution in [2.24, 2.45) is 0 Å². The van der Waals surface area contributed by atoms with Gasteiger partial charge >= 0.3 is 0 Å². The zero-order valence-electron chi connectivity index (χ0n) is 14.8. The number of nitrogens with one attached hydrogen (secondary N) is 1. The smallest absolute Gasteiger partial charge is 0.258 e. The van der Waals surface area contributed by atoms with Gasteiger partial charge in [-0.2, -0.15) is 0 Å². The topological polar surface area (TPSA) is 47.6 Å². The molecule has 0 saturated carbocycles. The first kappa shape index (κ1) is 17.9. The molecule has 2 aromatic rings. The monoisotopic (exact) mass is 327 g/mol. The molecule has 24 heavy (non-hydrogen) atoms. The molecule has 0 heterocycles. The van der Waals surface area contributed by atoms with Crippen molar-refractivity contribution in [1.82, 2.24) is 5.32 Å². The largest absolute Gasteiger partial charge is 0.492 e. The molecule has 2 aromatic carbocycles. The summed E-state index contributed by atoms with van der Waals surface area (Å²) in [5.41, 5.74) is 4.50. The minimum atomic E-state index is -0.151.